The average Bonchev–Trinajstić information content (AvgIpc) is 3.24. The summed E-state index contributed by atoms with van der Waals surface area (Å²) >= 11 is 5.85. The van der Waals surface area contributed by atoms with E-state index in [1.165, 1.54) is 12.1 Å². The molecule has 142 valence electrons. The van der Waals surface area contributed by atoms with E-state index in [9.17, 15) is 12.8 Å². The fraction of sp³-hybridized carbons (Fsp3) is 0.294. The van der Waals surface area contributed by atoms with E-state index >= 15 is 0 Å². The summed E-state index contributed by atoms with van der Waals surface area (Å²) < 4.78 is 48.0. The third kappa shape index (κ3) is 3.32. The molecular weight excluding hydrogens is 395 g/mol. The molecule has 1 fully saturated rings. The van der Waals surface area contributed by atoms with E-state index in [0.29, 0.717) is 17.3 Å². The van der Waals surface area contributed by atoms with Crippen LogP contribution >= 0.6 is 11.6 Å². The van der Waals surface area contributed by atoms with E-state index in [2.05, 4.69) is 19.9 Å². The van der Waals surface area contributed by atoms with Gasteiger partial charge in [-0.15, -0.1) is 10.2 Å². The van der Waals surface area contributed by atoms with E-state index in [1.54, 1.807) is 13.8 Å². The lowest BCUT2D eigenvalue weighted by molar-refractivity contribution is 0.507. The molecule has 1 aliphatic rings. The Morgan fingerprint density at radius 1 is 1.26 bits per heavy atom. The Morgan fingerprint density at radius 2 is 2.00 bits per heavy atom. The number of aromatic amines is 1. The number of rotatable bonds is 5. The summed E-state index contributed by atoms with van der Waals surface area (Å²) in [5.41, 5.74) is 0.979. The first kappa shape index (κ1) is 18.0. The molecule has 10 heteroatoms. The fourth-order valence-corrected chi connectivity index (χ4v) is 4.64. The zero-order valence-electron chi connectivity index (χ0n) is 14.5. The van der Waals surface area contributed by atoms with Crippen molar-refractivity contribution in [3.8, 4) is 11.5 Å². The Hall–Kier alpha value is -2.39. The maximum atomic E-state index is 14.0. The molecule has 0 atom stereocenters. The van der Waals surface area contributed by atoms with Gasteiger partial charge in [-0.1, -0.05) is 11.6 Å². The van der Waals surface area contributed by atoms with Gasteiger partial charge in [0, 0.05) is 22.3 Å². The van der Waals surface area contributed by atoms with Gasteiger partial charge in [-0.2, -0.15) is 0 Å². The molecule has 2 N–H and O–H groups in total. The van der Waals surface area contributed by atoms with Crippen LogP contribution in [0.5, 0.6) is 0 Å². The van der Waals surface area contributed by atoms with Crippen molar-refractivity contribution < 1.29 is 17.2 Å². The molecule has 2 heterocycles. The van der Waals surface area contributed by atoms with Crippen LogP contribution in [0.25, 0.3) is 11.5 Å². The van der Waals surface area contributed by atoms with E-state index in [1.807, 2.05) is 0 Å². The minimum absolute atomic E-state index is 0.0645. The smallest absolute Gasteiger partial charge is 0.264 e. The number of hydrogen-bond donors (Lipinski definition) is 2. The first-order valence-electron chi connectivity index (χ1n) is 8.27. The number of sulfonamides is 1. The van der Waals surface area contributed by atoms with Gasteiger partial charge in [0.15, 0.2) is 0 Å². The van der Waals surface area contributed by atoms with Gasteiger partial charge in [-0.25, -0.2) is 12.8 Å². The molecule has 0 spiro atoms. The maximum absolute atomic E-state index is 14.0. The van der Waals surface area contributed by atoms with Crippen LogP contribution < -0.4 is 4.72 Å². The SMILES string of the molecule is Cc1[nH]c(C)c(S(=O)(=O)Nc2cc(Cl)ccc2F)c1-c1nnc(C2CC2)o1. The quantitative estimate of drug-likeness (QED) is 0.657. The van der Waals surface area contributed by atoms with Crippen molar-refractivity contribution in [1.29, 1.82) is 0 Å². The fourth-order valence-electron chi connectivity index (χ4n) is 2.95. The first-order chi connectivity index (χ1) is 12.8. The predicted molar refractivity (Wildman–Crippen MR) is 97.8 cm³/mol. The minimum atomic E-state index is -4.14. The van der Waals surface area contributed by atoms with Gasteiger partial charge in [0.1, 0.15) is 10.7 Å². The van der Waals surface area contributed by atoms with Crippen LogP contribution in [0.4, 0.5) is 10.1 Å². The summed E-state index contributed by atoms with van der Waals surface area (Å²) in [6.45, 7) is 3.32. The van der Waals surface area contributed by atoms with Crippen molar-refractivity contribution in [2.24, 2.45) is 0 Å². The van der Waals surface area contributed by atoms with Crippen LogP contribution in [-0.2, 0) is 10.0 Å². The Morgan fingerprint density at radius 3 is 2.70 bits per heavy atom. The van der Waals surface area contributed by atoms with Gasteiger partial charge in [-0.3, -0.25) is 4.72 Å². The number of anilines is 1. The zero-order valence-corrected chi connectivity index (χ0v) is 16.1. The molecule has 4 rings (SSSR count). The lowest BCUT2D eigenvalue weighted by Gasteiger charge is -2.10. The van der Waals surface area contributed by atoms with Crippen molar-refractivity contribution in [2.75, 3.05) is 4.72 Å². The lowest BCUT2D eigenvalue weighted by atomic mass is 10.2. The molecule has 3 aromatic rings. The first-order valence-corrected chi connectivity index (χ1v) is 10.1. The van der Waals surface area contributed by atoms with Crippen LogP contribution in [-0.4, -0.2) is 23.6 Å². The van der Waals surface area contributed by atoms with E-state index in [4.69, 9.17) is 16.0 Å². The summed E-state index contributed by atoms with van der Waals surface area (Å²) in [5, 5.41) is 8.24. The van der Waals surface area contributed by atoms with Crippen LogP contribution in [0.1, 0.15) is 36.0 Å². The number of nitrogens with one attached hydrogen (secondary N) is 2. The second kappa shape index (κ2) is 6.35. The van der Waals surface area contributed by atoms with Gasteiger partial charge >= 0.3 is 0 Å². The second-order valence-electron chi connectivity index (χ2n) is 6.53. The third-order valence-electron chi connectivity index (χ3n) is 4.34. The van der Waals surface area contributed by atoms with Crippen molar-refractivity contribution in [1.82, 2.24) is 15.2 Å². The Balaban J connectivity index is 1.79. The Kier molecular flexibility index (Phi) is 4.23. The normalized spacial score (nSPS) is 14.5. The average molecular weight is 411 g/mol. The predicted octanol–water partition coefficient (Wildman–Crippen LogP) is 4.15. The van der Waals surface area contributed by atoms with E-state index in [-0.39, 0.29) is 33.0 Å². The number of aromatic nitrogens is 3. The zero-order chi connectivity index (χ0) is 19.3. The number of halogens is 2. The molecule has 0 amide bonds. The summed E-state index contributed by atoms with van der Waals surface area (Å²) in [5.74, 6) is 0.125. The molecule has 0 aliphatic heterocycles. The summed E-state index contributed by atoms with van der Waals surface area (Å²) in [7, 11) is -4.14. The van der Waals surface area contributed by atoms with Crippen molar-refractivity contribution in [3.63, 3.8) is 0 Å². The summed E-state index contributed by atoms with van der Waals surface area (Å²) in [6, 6.07) is 3.64. The number of H-pyrrole nitrogens is 1. The second-order valence-corrected chi connectivity index (χ2v) is 8.58. The molecule has 27 heavy (non-hydrogen) atoms. The van der Waals surface area contributed by atoms with Gasteiger partial charge in [0.25, 0.3) is 15.9 Å². The van der Waals surface area contributed by atoms with E-state index in [0.717, 1.165) is 18.9 Å². The highest BCUT2D eigenvalue weighted by Crippen LogP contribution is 2.41. The Bertz CT molecular complexity index is 1140. The third-order valence-corrected chi connectivity index (χ3v) is 6.11. The highest BCUT2D eigenvalue weighted by atomic mass is 35.5. The molecular formula is C17H16ClFN4O3S. The van der Waals surface area contributed by atoms with Crippen molar-refractivity contribution in [3.05, 3.63) is 46.3 Å². The topological polar surface area (TPSA) is 101 Å². The largest absolute Gasteiger partial charge is 0.420 e. The van der Waals surface area contributed by atoms with Crippen molar-refractivity contribution >= 4 is 27.3 Å². The molecule has 0 unspecified atom stereocenters. The highest BCUT2D eigenvalue weighted by molar-refractivity contribution is 7.93. The number of nitrogens with zero attached hydrogens (tertiary/aromatic N) is 2. The lowest BCUT2D eigenvalue weighted by Crippen LogP contribution is -2.15. The molecule has 1 aromatic carbocycles. The maximum Gasteiger partial charge on any atom is 0.264 e. The Labute approximate surface area is 160 Å². The standard InChI is InChI=1S/C17H16ClFN4O3S/c1-8-14(17-22-21-16(26-17)10-3-4-10)15(9(2)20-8)27(24,25)23-13-7-11(18)5-6-12(13)19/h5-7,10,20,23H,3-4H2,1-2H3. The molecule has 2 aromatic heterocycles. The van der Waals surface area contributed by atoms with Crippen LogP contribution in [0.15, 0.2) is 27.5 Å². The molecule has 7 nitrogen and oxygen atoms in total. The van der Waals surface area contributed by atoms with Gasteiger partial charge in [-0.05, 0) is 44.9 Å². The monoisotopic (exact) mass is 410 g/mol. The molecule has 1 saturated carbocycles. The van der Waals surface area contributed by atoms with Crippen LogP contribution in [0.3, 0.4) is 0 Å². The van der Waals surface area contributed by atoms with Crippen LogP contribution in [0, 0.1) is 19.7 Å². The minimum Gasteiger partial charge on any atom is -0.420 e. The van der Waals surface area contributed by atoms with Crippen LogP contribution in [0.2, 0.25) is 5.02 Å². The molecule has 0 bridgehead atoms. The van der Waals surface area contributed by atoms with E-state index < -0.39 is 15.8 Å². The summed E-state index contributed by atoms with van der Waals surface area (Å²) in [4.78, 5) is 2.92. The van der Waals surface area contributed by atoms with Crippen molar-refractivity contribution in [2.45, 2.75) is 37.5 Å². The molecule has 1 aliphatic carbocycles. The number of hydrogen-bond acceptors (Lipinski definition) is 5. The number of aryl methyl sites for hydroxylation is 2. The molecule has 0 radical (unpaired) electrons. The summed E-state index contributed by atoms with van der Waals surface area (Å²) in [6.07, 6.45) is 1.96. The van der Waals surface area contributed by atoms with Gasteiger partial charge in [0.05, 0.1) is 11.3 Å². The highest BCUT2D eigenvalue weighted by Gasteiger charge is 2.33. The van der Waals surface area contributed by atoms with Gasteiger partial charge < -0.3 is 9.40 Å². The van der Waals surface area contributed by atoms with Gasteiger partial charge in [0.2, 0.25) is 5.89 Å². The molecule has 0 saturated heterocycles. The number of benzene rings is 1.